The quantitative estimate of drug-likeness (QED) is 0.798. The Hall–Kier alpha value is -2.07. The summed E-state index contributed by atoms with van der Waals surface area (Å²) in [6.07, 6.45) is 1.81. The van der Waals surface area contributed by atoms with Crippen molar-refractivity contribution in [1.82, 2.24) is 9.80 Å². The highest BCUT2D eigenvalue weighted by Crippen LogP contribution is 2.30. The highest BCUT2D eigenvalue weighted by Gasteiger charge is 2.38. The van der Waals surface area contributed by atoms with Crippen LogP contribution in [0.5, 0.6) is 0 Å². The first-order valence-electron chi connectivity index (χ1n) is 7.56. The molecular weight excluding hydrogens is 307 g/mol. The molecule has 2 aliphatic rings. The molecule has 0 spiro atoms. The summed E-state index contributed by atoms with van der Waals surface area (Å²) in [5.41, 5.74) is -0.174. The highest BCUT2D eigenvalue weighted by atomic mass is 19.2. The SMILES string of the molecule is N#CC1CN(C(=O)Cc2cc(F)c(F)cc2F)CCN1C1CC1. The van der Waals surface area contributed by atoms with Gasteiger partial charge < -0.3 is 4.90 Å². The molecule has 1 aromatic carbocycles. The molecule has 1 heterocycles. The number of piperazine rings is 1. The van der Waals surface area contributed by atoms with E-state index in [0.29, 0.717) is 31.3 Å². The number of benzene rings is 1. The van der Waals surface area contributed by atoms with Gasteiger partial charge >= 0.3 is 0 Å². The molecule has 2 fully saturated rings. The lowest BCUT2D eigenvalue weighted by Crippen LogP contribution is -2.55. The van der Waals surface area contributed by atoms with Crippen LogP contribution in [0, 0.1) is 28.8 Å². The molecule has 0 bridgehead atoms. The molecule has 3 rings (SSSR count). The molecule has 1 aliphatic heterocycles. The summed E-state index contributed by atoms with van der Waals surface area (Å²) >= 11 is 0. The average molecular weight is 323 g/mol. The Morgan fingerprint density at radius 1 is 1.17 bits per heavy atom. The predicted molar refractivity (Wildman–Crippen MR) is 75.7 cm³/mol. The van der Waals surface area contributed by atoms with E-state index in [0.717, 1.165) is 12.8 Å². The van der Waals surface area contributed by atoms with Gasteiger partial charge in [-0.25, -0.2) is 13.2 Å². The first kappa shape index (κ1) is 15.8. The van der Waals surface area contributed by atoms with Crippen LogP contribution >= 0.6 is 0 Å². The molecule has 1 atom stereocenters. The summed E-state index contributed by atoms with van der Waals surface area (Å²) in [5.74, 6) is -3.78. The predicted octanol–water partition coefficient (Wildman–Crippen LogP) is 1.85. The highest BCUT2D eigenvalue weighted by molar-refractivity contribution is 5.79. The van der Waals surface area contributed by atoms with Crippen LogP contribution in [-0.4, -0.2) is 47.4 Å². The molecule has 7 heteroatoms. The maximum absolute atomic E-state index is 13.6. The normalized spacial score (nSPS) is 22.0. The summed E-state index contributed by atoms with van der Waals surface area (Å²) in [7, 11) is 0. The average Bonchev–Trinajstić information content (AvgIpc) is 3.36. The van der Waals surface area contributed by atoms with Gasteiger partial charge in [-0.15, -0.1) is 0 Å². The summed E-state index contributed by atoms with van der Waals surface area (Å²) in [6, 6.07) is 3.42. The maximum atomic E-state index is 13.6. The van der Waals surface area contributed by atoms with Gasteiger partial charge in [0, 0.05) is 37.3 Å². The van der Waals surface area contributed by atoms with Gasteiger partial charge in [0.1, 0.15) is 11.9 Å². The van der Waals surface area contributed by atoms with Crippen molar-refractivity contribution in [3.63, 3.8) is 0 Å². The van der Waals surface area contributed by atoms with Crippen molar-refractivity contribution >= 4 is 5.91 Å². The van der Waals surface area contributed by atoms with E-state index in [-0.39, 0.29) is 30.5 Å². The van der Waals surface area contributed by atoms with Gasteiger partial charge in [-0.1, -0.05) is 0 Å². The first-order chi connectivity index (χ1) is 11.0. The summed E-state index contributed by atoms with van der Waals surface area (Å²) in [4.78, 5) is 15.9. The molecule has 0 N–H and O–H groups in total. The number of nitrogens with zero attached hydrogens (tertiary/aromatic N) is 3. The van der Waals surface area contributed by atoms with Crippen LogP contribution in [0.3, 0.4) is 0 Å². The Bertz CT molecular complexity index is 669. The lowest BCUT2D eigenvalue weighted by molar-refractivity contribution is -0.133. The molecule has 1 aliphatic carbocycles. The second-order valence-electron chi connectivity index (χ2n) is 5.99. The van der Waals surface area contributed by atoms with Crippen molar-refractivity contribution in [3.8, 4) is 6.07 Å². The molecule has 1 saturated carbocycles. The van der Waals surface area contributed by atoms with E-state index in [2.05, 4.69) is 11.0 Å². The molecule has 0 aromatic heterocycles. The number of hydrogen-bond donors (Lipinski definition) is 0. The number of nitriles is 1. The third kappa shape index (κ3) is 3.32. The summed E-state index contributed by atoms with van der Waals surface area (Å²) < 4.78 is 39.8. The first-order valence-corrected chi connectivity index (χ1v) is 7.56. The third-order valence-electron chi connectivity index (χ3n) is 4.37. The van der Waals surface area contributed by atoms with Gasteiger partial charge in [-0.05, 0) is 18.9 Å². The van der Waals surface area contributed by atoms with Crippen molar-refractivity contribution in [2.75, 3.05) is 19.6 Å². The fraction of sp³-hybridized carbons (Fsp3) is 0.500. The van der Waals surface area contributed by atoms with Crippen molar-refractivity contribution < 1.29 is 18.0 Å². The monoisotopic (exact) mass is 323 g/mol. The number of amides is 1. The lowest BCUT2D eigenvalue weighted by atomic mass is 10.1. The van der Waals surface area contributed by atoms with Gasteiger partial charge in [0.25, 0.3) is 0 Å². The molecular formula is C16H16F3N3O. The Balaban J connectivity index is 1.67. The zero-order chi connectivity index (χ0) is 16.6. The Labute approximate surface area is 132 Å². The van der Waals surface area contributed by atoms with Gasteiger partial charge in [0.05, 0.1) is 12.5 Å². The van der Waals surface area contributed by atoms with E-state index >= 15 is 0 Å². The van der Waals surface area contributed by atoms with Crippen LogP contribution in [0.4, 0.5) is 13.2 Å². The van der Waals surface area contributed by atoms with Crippen LogP contribution in [0.15, 0.2) is 12.1 Å². The lowest BCUT2D eigenvalue weighted by Gasteiger charge is -2.38. The van der Waals surface area contributed by atoms with Crippen molar-refractivity contribution in [3.05, 3.63) is 35.1 Å². The fourth-order valence-electron chi connectivity index (χ4n) is 2.96. The molecule has 1 amide bonds. The molecule has 23 heavy (non-hydrogen) atoms. The number of halogens is 3. The van der Waals surface area contributed by atoms with E-state index in [1.54, 1.807) is 0 Å². The molecule has 122 valence electrons. The second kappa shape index (κ2) is 6.20. The summed E-state index contributed by atoms with van der Waals surface area (Å²) in [5, 5.41) is 9.26. The van der Waals surface area contributed by atoms with Crippen LogP contribution < -0.4 is 0 Å². The number of rotatable bonds is 3. The van der Waals surface area contributed by atoms with Crippen LogP contribution in [0.1, 0.15) is 18.4 Å². The number of carbonyl (C=O) groups is 1. The van der Waals surface area contributed by atoms with Crippen molar-refractivity contribution in [2.24, 2.45) is 0 Å². The minimum Gasteiger partial charge on any atom is -0.338 e. The van der Waals surface area contributed by atoms with E-state index < -0.39 is 17.5 Å². The smallest absolute Gasteiger partial charge is 0.227 e. The van der Waals surface area contributed by atoms with E-state index in [1.807, 2.05) is 0 Å². The minimum absolute atomic E-state index is 0.174. The zero-order valence-corrected chi connectivity index (χ0v) is 12.4. The standard InChI is InChI=1S/C16H16F3N3O/c17-13-7-15(19)14(18)5-10(13)6-16(23)21-3-4-22(11-1-2-11)12(8-20)9-21/h5,7,11-12H,1-4,6,9H2. The van der Waals surface area contributed by atoms with Crippen LogP contribution in [-0.2, 0) is 11.2 Å². The van der Waals surface area contributed by atoms with Crippen molar-refractivity contribution in [2.45, 2.75) is 31.3 Å². The van der Waals surface area contributed by atoms with Gasteiger partial charge in [-0.3, -0.25) is 9.69 Å². The minimum atomic E-state index is -1.28. The third-order valence-corrected chi connectivity index (χ3v) is 4.37. The second-order valence-corrected chi connectivity index (χ2v) is 5.99. The largest absolute Gasteiger partial charge is 0.338 e. The Morgan fingerprint density at radius 2 is 1.87 bits per heavy atom. The van der Waals surface area contributed by atoms with Crippen molar-refractivity contribution in [1.29, 1.82) is 5.26 Å². The molecule has 1 aromatic rings. The number of hydrogen-bond acceptors (Lipinski definition) is 3. The van der Waals surface area contributed by atoms with E-state index in [9.17, 15) is 23.2 Å². The fourth-order valence-corrected chi connectivity index (χ4v) is 2.96. The summed E-state index contributed by atoms with van der Waals surface area (Å²) in [6.45, 7) is 1.32. The van der Waals surface area contributed by atoms with Gasteiger partial charge in [-0.2, -0.15) is 5.26 Å². The molecule has 1 saturated heterocycles. The van der Waals surface area contributed by atoms with Gasteiger partial charge in [0.2, 0.25) is 5.91 Å². The van der Waals surface area contributed by atoms with Gasteiger partial charge in [0.15, 0.2) is 11.6 Å². The van der Waals surface area contributed by atoms with Crippen LogP contribution in [0.2, 0.25) is 0 Å². The van der Waals surface area contributed by atoms with E-state index in [1.165, 1.54) is 4.90 Å². The van der Waals surface area contributed by atoms with E-state index in [4.69, 9.17) is 0 Å². The Morgan fingerprint density at radius 3 is 2.52 bits per heavy atom. The zero-order valence-electron chi connectivity index (χ0n) is 12.4. The molecule has 4 nitrogen and oxygen atoms in total. The Kier molecular flexibility index (Phi) is 4.26. The molecule has 0 radical (unpaired) electrons. The van der Waals surface area contributed by atoms with Crippen LogP contribution in [0.25, 0.3) is 0 Å². The topological polar surface area (TPSA) is 47.3 Å². The maximum Gasteiger partial charge on any atom is 0.227 e. The number of carbonyl (C=O) groups excluding carboxylic acids is 1. The molecule has 1 unspecified atom stereocenters.